The molecule has 10 heteroatoms. The predicted octanol–water partition coefficient (Wildman–Crippen LogP) is 4.97. The zero-order valence-electron chi connectivity index (χ0n) is 20.4. The van der Waals surface area contributed by atoms with Crippen molar-refractivity contribution < 1.29 is 24.2 Å². The molecular formula is C28H25N3O5S2. The molecule has 8 nitrogen and oxygen atoms in total. The lowest BCUT2D eigenvalue weighted by molar-refractivity contribution is -0.118. The average molecular weight is 548 g/mol. The van der Waals surface area contributed by atoms with Gasteiger partial charge in [0.1, 0.15) is 11.4 Å². The monoisotopic (exact) mass is 547 g/mol. The third-order valence-corrected chi connectivity index (χ3v) is 7.83. The number of carbonyl (C=O) groups excluding carboxylic acids is 3. The van der Waals surface area contributed by atoms with Crippen molar-refractivity contribution in [3.63, 3.8) is 0 Å². The van der Waals surface area contributed by atoms with Gasteiger partial charge in [-0.25, -0.2) is 4.98 Å². The minimum absolute atomic E-state index is 0.142. The van der Waals surface area contributed by atoms with Crippen LogP contribution < -0.4 is 14.5 Å². The Morgan fingerprint density at radius 1 is 0.947 bits per heavy atom. The van der Waals surface area contributed by atoms with E-state index in [-0.39, 0.29) is 43.7 Å². The minimum atomic E-state index is -0.851. The van der Waals surface area contributed by atoms with Crippen LogP contribution in [0.4, 0.5) is 10.8 Å². The highest BCUT2D eigenvalue weighted by Gasteiger charge is 2.36. The molecule has 194 valence electrons. The minimum Gasteiger partial charge on any atom is -0.475 e. The quantitative estimate of drug-likeness (QED) is 0.301. The molecule has 5 rings (SSSR count). The summed E-state index contributed by atoms with van der Waals surface area (Å²) < 4.78 is 5.86. The van der Waals surface area contributed by atoms with Crippen LogP contribution in [0.2, 0.25) is 0 Å². The molecule has 1 aliphatic heterocycles. The van der Waals surface area contributed by atoms with E-state index in [0.717, 1.165) is 0 Å². The molecule has 2 aromatic heterocycles. The number of rotatable bonds is 10. The first kappa shape index (κ1) is 25.8. The van der Waals surface area contributed by atoms with E-state index >= 15 is 0 Å². The Morgan fingerprint density at radius 3 is 2.47 bits per heavy atom. The summed E-state index contributed by atoms with van der Waals surface area (Å²) in [5, 5.41) is 13.5. The number of aliphatic hydroxyl groups excluding tert-OH is 1. The smallest absolute Gasteiger partial charge is 0.270 e. The van der Waals surface area contributed by atoms with E-state index in [1.54, 1.807) is 39.4 Å². The lowest BCUT2D eigenvalue weighted by Gasteiger charge is -2.23. The fourth-order valence-electron chi connectivity index (χ4n) is 4.26. The number of aliphatic hydroxyl groups is 1. The number of aromatic nitrogens is 1. The zero-order valence-corrected chi connectivity index (χ0v) is 22.0. The Morgan fingerprint density at radius 2 is 1.74 bits per heavy atom. The van der Waals surface area contributed by atoms with E-state index < -0.39 is 6.10 Å². The normalized spacial score (nSPS) is 14.1. The molecule has 0 fully saturated rings. The van der Waals surface area contributed by atoms with Gasteiger partial charge in [0.05, 0.1) is 17.0 Å². The van der Waals surface area contributed by atoms with E-state index in [9.17, 15) is 19.5 Å². The van der Waals surface area contributed by atoms with Crippen molar-refractivity contribution in [2.45, 2.75) is 18.9 Å². The molecule has 3 heterocycles. The second-order valence-electron chi connectivity index (χ2n) is 8.56. The standard InChI is InChI=1S/C28H25N3O5S2/c32-16-15-30(19-8-2-1-3-9-19)24(33)13-6-14-31(27(35)23-12-7-17-37-23)28-29-21(18-38-28)26-25(34)20-10-4-5-11-22(20)36-26/h1-5,7-12,17-18,26,32H,6,13-16H2. The highest BCUT2D eigenvalue weighted by Crippen LogP contribution is 2.38. The summed E-state index contributed by atoms with van der Waals surface area (Å²) in [6, 6.07) is 19.8. The topological polar surface area (TPSA) is 100 Å². The number of ether oxygens (including phenoxy) is 1. The molecule has 4 aromatic rings. The lowest BCUT2D eigenvalue weighted by atomic mass is 10.1. The van der Waals surface area contributed by atoms with Crippen molar-refractivity contribution in [2.75, 3.05) is 29.5 Å². The van der Waals surface area contributed by atoms with E-state index in [1.165, 1.54) is 22.7 Å². The Hall–Kier alpha value is -3.86. The van der Waals surface area contributed by atoms with E-state index in [1.807, 2.05) is 47.8 Å². The van der Waals surface area contributed by atoms with Gasteiger partial charge in [0, 0.05) is 30.6 Å². The molecule has 0 aliphatic carbocycles. The summed E-state index contributed by atoms with van der Waals surface area (Å²) in [4.78, 5) is 47.6. The molecule has 1 aliphatic rings. The van der Waals surface area contributed by atoms with Crippen molar-refractivity contribution >= 4 is 51.1 Å². The molecule has 1 atom stereocenters. The van der Waals surface area contributed by atoms with Gasteiger partial charge >= 0.3 is 0 Å². The summed E-state index contributed by atoms with van der Waals surface area (Å²) in [6.07, 6.45) is -0.277. The van der Waals surface area contributed by atoms with Crippen LogP contribution in [0.3, 0.4) is 0 Å². The summed E-state index contributed by atoms with van der Waals surface area (Å²) in [6.45, 7) is 0.294. The van der Waals surface area contributed by atoms with Crippen molar-refractivity contribution in [1.29, 1.82) is 0 Å². The number of hydrogen-bond donors (Lipinski definition) is 1. The molecule has 0 saturated carbocycles. The van der Waals surface area contributed by atoms with Crippen LogP contribution in [0.15, 0.2) is 77.5 Å². The average Bonchev–Trinajstić information content (AvgIpc) is 3.71. The SMILES string of the molecule is O=C1c2ccccc2OC1c1csc(N(CCCC(=O)N(CCO)c2ccccc2)C(=O)c2cccs2)n1. The fourth-order valence-corrected chi connectivity index (χ4v) is 5.79. The molecule has 0 radical (unpaired) electrons. The van der Waals surface area contributed by atoms with E-state index in [0.29, 0.717) is 39.1 Å². The number of para-hydroxylation sites is 2. The number of thiazole rings is 1. The van der Waals surface area contributed by atoms with Gasteiger partial charge in [-0.1, -0.05) is 36.4 Å². The largest absolute Gasteiger partial charge is 0.475 e. The molecule has 0 spiro atoms. The van der Waals surface area contributed by atoms with Crippen molar-refractivity contribution in [2.24, 2.45) is 0 Å². The van der Waals surface area contributed by atoms with E-state index in [4.69, 9.17) is 4.74 Å². The molecule has 1 N–H and O–H groups in total. The second-order valence-corrected chi connectivity index (χ2v) is 10.3. The van der Waals surface area contributed by atoms with Gasteiger partial charge in [0.25, 0.3) is 5.91 Å². The number of amides is 2. The van der Waals surface area contributed by atoms with Crippen LogP contribution in [0.25, 0.3) is 0 Å². The summed E-state index contributed by atoms with van der Waals surface area (Å²) in [7, 11) is 0. The maximum atomic E-state index is 13.4. The van der Waals surface area contributed by atoms with Crippen molar-refractivity contribution in [1.82, 2.24) is 4.98 Å². The summed E-state index contributed by atoms with van der Waals surface area (Å²) >= 11 is 2.59. The molecular weight excluding hydrogens is 522 g/mol. The highest BCUT2D eigenvalue weighted by atomic mass is 32.1. The number of thiophene rings is 1. The molecule has 0 saturated heterocycles. The Balaban J connectivity index is 1.32. The van der Waals surface area contributed by atoms with Crippen molar-refractivity contribution in [3.8, 4) is 5.75 Å². The van der Waals surface area contributed by atoms with Gasteiger partial charge in [0.2, 0.25) is 17.8 Å². The number of Topliss-reactive ketones (excluding diaryl/α,β-unsaturated/α-hetero) is 1. The van der Waals surface area contributed by atoms with Crippen LogP contribution in [0.1, 0.15) is 44.7 Å². The Labute approximate surface area is 227 Å². The van der Waals surface area contributed by atoms with Crippen molar-refractivity contribution in [3.05, 3.63) is 93.6 Å². The number of fused-ring (bicyclic) bond motifs is 1. The first-order valence-corrected chi connectivity index (χ1v) is 13.9. The molecule has 1 unspecified atom stereocenters. The van der Waals surface area contributed by atoms with Crippen LogP contribution in [0.5, 0.6) is 5.75 Å². The first-order chi connectivity index (χ1) is 18.6. The number of carbonyl (C=O) groups is 3. The summed E-state index contributed by atoms with van der Waals surface area (Å²) in [5.74, 6) is -0.00103. The fraction of sp³-hybridized carbons (Fsp3) is 0.214. The van der Waals surface area contributed by atoms with Crippen LogP contribution >= 0.6 is 22.7 Å². The Kier molecular flexibility index (Phi) is 7.92. The van der Waals surface area contributed by atoms with Crippen LogP contribution in [-0.4, -0.2) is 47.4 Å². The Bertz CT molecular complexity index is 1420. The summed E-state index contributed by atoms with van der Waals surface area (Å²) in [5.41, 5.74) is 1.68. The third-order valence-electron chi connectivity index (χ3n) is 6.09. The number of anilines is 2. The zero-order chi connectivity index (χ0) is 26.5. The van der Waals surface area contributed by atoms with E-state index in [2.05, 4.69) is 4.98 Å². The van der Waals surface area contributed by atoms with Gasteiger partial charge in [-0.3, -0.25) is 19.3 Å². The number of benzene rings is 2. The molecule has 38 heavy (non-hydrogen) atoms. The number of ketones is 1. The van der Waals surface area contributed by atoms with Gasteiger partial charge in [0.15, 0.2) is 5.13 Å². The second kappa shape index (κ2) is 11.7. The van der Waals surface area contributed by atoms with Crippen LogP contribution in [-0.2, 0) is 4.79 Å². The molecule has 0 bridgehead atoms. The van der Waals surface area contributed by atoms with Gasteiger partial charge in [-0.05, 0) is 42.1 Å². The van der Waals surface area contributed by atoms with Gasteiger partial charge < -0.3 is 14.7 Å². The number of hydrogen-bond acceptors (Lipinski definition) is 8. The number of nitrogens with zero attached hydrogens (tertiary/aromatic N) is 3. The maximum Gasteiger partial charge on any atom is 0.270 e. The predicted molar refractivity (Wildman–Crippen MR) is 147 cm³/mol. The molecule has 2 aromatic carbocycles. The van der Waals surface area contributed by atoms with Gasteiger partial charge in [-0.2, -0.15) is 0 Å². The third kappa shape index (κ3) is 5.38. The highest BCUT2D eigenvalue weighted by molar-refractivity contribution is 7.14. The molecule has 2 amide bonds. The van der Waals surface area contributed by atoms with Gasteiger partial charge in [-0.15, -0.1) is 22.7 Å². The lowest BCUT2D eigenvalue weighted by Crippen LogP contribution is -2.35. The maximum absolute atomic E-state index is 13.4. The van der Waals surface area contributed by atoms with Crippen LogP contribution in [0, 0.1) is 0 Å². The first-order valence-electron chi connectivity index (χ1n) is 12.1.